The highest BCUT2D eigenvalue weighted by Gasteiger charge is 2.27. The van der Waals surface area contributed by atoms with Gasteiger partial charge in [-0.3, -0.25) is 19.3 Å². The monoisotopic (exact) mass is 412 g/mol. The van der Waals surface area contributed by atoms with Crippen LogP contribution in [0.25, 0.3) is 0 Å². The van der Waals surface area contributed by atoms with Crippen LogP contribution in [0.5, 0.6) is 11.5 Å². The molecule has 2 aliphatic heterocycles. The van der Waals surface area contributed by atoms with Gasteiger partial charge in [-0.05, 0) is 42.8 Å². The molecule has 3 heterocycles. The van der Waals surface area contributed by atoms with Gasteiger partial charge in [0.2, 0.25) is 12.7 Å². The zero-order chi connectivity index (χ0) is 21.1. The summed E-state index contributed by atoms with van der Waals surface area (Å²) in [4.78, 5) is 41.5. The fraction of sp³-hybridized carbons (Fsp3) is 0.381. The van der Waals surface area contributed by atoms with Crippen LogP contribution in [-0.2, 0) is 17.9 Å². The Labute approximate surface area is 173 Å². The second-order valence-corrected chi connectivity index (χ2v) is 7.43. The van der Waals surface area contributed by atoms with E-state index in [-0.39, 0.29) is 30.7 Å². The van der Waals surface area contributed by atoms with Crippen LogP contribution in [0.4, 0.5) is 0 Å². The van der Waals surface area contributed by atoms with Crippen LogP contribution < -0.4 is 25.7 Å². The zero-order valence-electron chi connectivity index (χ0n) is 16.7. The topological polar surface area (TPSA) is 113 Å². The van der Waals surface area contributed by atoms with Gasteiger partial charge in [0.05, 0.1) is 5.92 Å². The first-order valence-electron chi connectivity index (χ1n) is 9.86. The molecule has 2 aromatic rings. The molecule has 0 saturated carbocycles. The smallest absolute Gasteiger partial charge is 0.261 e. The number of fused-ring (bicyclic) bond motifs is 1. The van der Waals surface area contributed by atoms with Crippen LogP contribution in [0, 0.1) is 5.92 Å². The van der Waals surface area contributed by atoms with Crippen LogP contribution in [0.3, 0.4) is 0 Å². The first-order valence-corrected chi connectivity index (χ1v) is 9.86. The molecule has 9 heteroatoms. The summed E-state index contributed by atoms with van der Waals surface area (Å²) in [6, 6.07) is 8.71. The van der Waals surface area contributed by atoms with Crippen LogP contribution in [0.2, 0.25) is 0 Å². The van der Waals surface area contributed by atoms with Gasteiger partial charge in [-0.25, -0.2) is 0 Å². The van der Waals surface area contributed by atoms with E-state index in [1.54, 1.807) is 25.2 Å². The molecule has 3 N–H and O–H groups in total. The Morgan fingerprint density at radius 1 is 1.20 bits per heavy atom. The van der Waals surface area contributed by atoms with Crippen LogP contribution in [0.15, 0.2) is 35.1 Å². The number of rotatable bonds is 6. The van der Waals surface area contributed by atoms with Gasteiger partial charge >= 0.3 is 0 Å². The number of aromatic amines is 1. The molecule has 1 atom stereocenters. The summed E-state index contributed by atoms with van der Waals surface area (Å²) in [6.45, 7) is 2.43. The van der Waals surface area contributed by atoms with Crippen molar-refractivity contribution >= 4 is 11.8 Å². The van der Waals surface area contributed by atoms with Crippen molar-refractivity contribution in [3.8, 4) is 11.5 Å². The highest BCUT2D eigenvalue weighted by Crippen LogP contribution is 2.32. The summed E-state index contributed by atoms with van der Waals surface area (Å²) in [7, 11) is 1.64. The van der Waals surface area contributed by atoms with E-state index in [0.29, 0.717) is 30.3 Å². The molecular formula is C21H24N4O5. The van der Waals surface area contributed by atoms with Gasteiger partial charge in [0.1, 0.15) is 5.56 Å². The van der Waals surface area contributed by atoms with Gasteiger partial charge in [0.15, 0.2) is 11.5 Å². The van der Waals surface area contributed by atoms with E-state index >= 15 is 0 Å². The molecule has 1 saturated heterocycles. The second-order valence-electron chi connectivity index (χ2n) is 7.43. The van der Waals surface area contributed by atoms with E-state index in [0.717, 1.165) is 18.5 Å². The Morgan fingerprint density at radius 2 is 2.03 bits per heavy atom. The number of amides is 2. The fourth-order valence-corrected chi connectivity index (χ4v) is 3.75. The molecule has 2 aliphatic rings. The molecule has 1 aromatic carbocycles. The van der Waals surface area contributed by atoms with Gasteiger partial charge in [-0.15, -0.1) is 0 Å². The molecule has 0 unspecified atom stereocenters. The van der Waals surface area contributed by atoms with Crippen LogP contribution >= 0.6 is 0 Å². The molecule has 0 spiro atoms. The predicted molar refractivity (Wildman–Crippen MR) is 108 cm³/mol. The van der Waals surface area contributed by atoms with Gasteiger partial charge in [-0.2, -0.15) is 0 Å². The van der Waals surface area contributed by atoms with E-state index in [1.807, 2.05) is 6.07 Å². The number of H-pyrrole nitrogens is 1. The Balaban J connectivity index is 1.34. The Bertz CT molecular complexity index is 1020. The minimum atomic E-state index is -0.443. The largest absolute Gasteiger partial charge is 0.454 e. The standard InChI is InChI=1S/C21H24N4O5/c1-22-19(26)14-6-7-25(10-14)11-15-3-4-16(21(28)24-15)20(27)23-9-13-2-5-17-18(8-13)30-12-29-17/h2-5,8,14H,6-7,9-12H2,1H3,(H,22,26)(H,23,27)(H,24,28)/t14-/m1/s1. The van der Waals surface area contributed by atoms with E-state index in [2.05, 4.69) is 20.5 Å². The summed E-state index contributed by atoms with van der Waals surface area (Å²) in [6.07, 6.45) is 0.796. The zero-order valence-corrected chi connectivity index (χ0v) is 16.7. The third kappa shape index (κ3) is 4.30. The molecule has 2 amide bonds. The lowest BCUT2D eigenvalue weighted by molar-refractivity contribution is -0.124. The first kappa shape index (κ1) is 20.0. The van der Waals surface area contributed by atoms with Crippen molar-refractivity contribution in [3.05, 3.63) is 57.5 Å². The maximum Gasteiger partial charge on any atom is 0.261 e. The highest BCUT2D eigenvalue weighted by atomic mass is 16.7. The number of nitrogens with one attached hydrogen (secondary N) is 3. The van der Waals surface area contributed by atoms with Gasteiger partial charge in [0, 0.05) is 32.4 Å². The quantitative estimate of drug-likeness (QED) is 0.641. The number of hydrogen-bond donors (Lipinski definition) is 3. The maximum absolute atomic E-state index is 12.4. The van der Waals surface area contributed by atoms with Crippen LogP contribution in [-0.4, -0.2) is 48.6 Å². The highest BCUT2D eigenvalue weighted by molar-refractivity contribution is 5.93. The Hall–Kier alpha value is -3.33. The number of hydrogen-bond acceptors (Lipinski definition) is 6. The number of likely N-dealkylation sites (tertiary alicyclic amines) is 1. The number of aromatic nitrogens is 1. The molecule has 0 bridgehead atoms. The van der Waals surface area contributed by atoms with Crippen molar-refractivity contribution in [3.63, 3.8) is 0 Å². The Kier molecular flexibility index (Phi) is 5.71. The van der Waals surface area contributed by atoms with Gasteiger partial charge in [-0.1, -0.05) is 6.07 Å². The lowest BCUT2D eigenvalue weighted by Gasteiger charge is -2.15. The average Bonchev–Trinajstić information content (AvgIpc) is 3.40. The number of carbonyl (C=O) groups is 2. The number of benzene rings is 1. The van der Waals surface area contributed by atoms with Crippen molar-refractivity contribution in [1.29, 1.82) is 0 Å². The van der Waals surface area contributed by atoms with E-state index in [4.69, 9.17) is 9.47 Å². The van der Waals surface area contributed by atoms with E-state index in [1.165, 1.54) is 6.07 Å². The maximum atomic E-state index is 12.4. The molecule has 9 nitrogen and oxygen atoms in total. The number of ether oxygens (including phenoxy) is 2. The summed E-state index contributed by atoms with van der Waals surface area (Å²) >= 11 is 0. The minimum Gasteiger partial charge on any atom is -0.454 e. The molecule has 1 fully saturated rings. The Morgan fingerprint density at radius 3 is 2.83 bits per heavy atom. The fourth-order valence-electron chi connectivity index (χ4n) is 3.75. The lowest BCUT2D eigenvalue weighted by Crippen LogP contribution is -2.31. The molecule has 0 aliphatic carbocycles. The van der Waals surface area contributed by atoms with Crippen molar-refractivity contribution in [2.24, 2.45) is 5.92 Å². The number of nitrogens with zero attached hydrogens (tertiary/aromatic N) is 1. The summed E-state index contributed by atoms with van der Waals surface area (Å²) in [5.74, 6) is 0.894. The molecule has 30 heavy (non-hydrogen) atoms. The van der Waals surface area contributed by atoms with Gasteiger partial charge < -0.3 is 25.1 Å². The van der Waals surface area contributed by atoms with Crippen molar-refractivity contribution in [1.82, 2.24) is 20.5 Å². The van der Waals surface area contributed by atoms with Crippen molar-refractivity contribution < 1.29 is 19.1 Å². The SMILES string of the molecule is CNC(=O)[C@@H]1CCN(Cc2ccc(C(=O)NCc3ccc4c(c3)OCO4)c(=O)[nH]2)C1. The van der Waals surface area contributed by atoms with Crippen molar-refractivity contribution in [2.45, 2.75) is 19.5 Å². The summed E-state index contributed by atoms with van der Waals surface area (Å²) < 4.78 is 10.6. The molecule has 1 aromatic heterocycles. The first-order chi connectivity index (χ1) is 14.5. The summed E-state index contributed by atoms with van der Waals surface area (Å²) in [5.41, 5.74) is 1.19. The second kappa shape index (κ2) is 8.58. The number of pyridine rings is 1. The molecular weight excluding hydrogens is 388 g/mol. The van der Waals surface area contributed by atoms with E-state index < -0.39 is 11.5 Å². The van der Waals surface area contributed by atoms with Crippen LogP contribution in [0.1, 0.15) is 28.0 Å². The van der Waals surface area contributed by atoms with Crippen molar-refractivity contribution in [2.75, 3.05) is 26.9 Å². The number of carbonyl (C=O) groups excluding carboxylic acids is 2. The third-order valence-corrected chi connectivity index (χ3v) is 5.39. The minimum absolute atomic E-state index is 0.0250. The average molecular weight is 412 g/mol. The molecule has 158 valence electrons. The predicted octanol–water partition coefficient (Wildman–Crippen LogP) is 0.601. The summed E-state index contributed by atoms with van der Waals surface area (Å²) in [5, 5.41) is 5.43. The lowest BCUT2D eigenvalue weighted by atomic mass is 10.1. The normalized spacial score (nSPS) is 17.7. The van der Waals surface area contributed by atoms with Gasteiger partial charge in [0.25, 0.3) is 11.5 Å². The van der Waals surface area contributed by atoms with E-state index in [9.17, 15) is 14.4 Å². The molecule has 4 rings (SSSR count). The third-order valence-electron chi connectivity index (χ3n) is 5.39. The molecule has 0 radical (unpaired) electrons.